The van der Waals surface area contributed by atoms with Crippen LogP contribution in [0.3, 0.4) is 0 Å². The molecule has 0 aliphatic carbocycles. The van der Waals surface area contributed by atoms with Crippen LogP contribution in [-0.4, -0.2) is 157 Å². The Bertz CT molecular complexity index is 608. The van der Waals surface area contributed by atoms with Gasteiger partial charge in [-0.15, -0.1) is 0 Å². The van der Waals surface area contributed by atoms with Crippen molar-refractivity contribution in [1.82, 2.24) is 0 Å². The predicted molar refractivity (Wildman–Crippen MR) is 179 cm³/mol. The molecular weight excluding hydrogens is 625 g/mol. The molecule has 0 aromatic heterocycles. The van der Waals surface area contributed by atoms with Crippen molar-refractivity contribution in [2.75, 3.05) is 126 Å². The second kappa shape index (κ2) is 30.5. The van der Waals surface area contributed by atoms with Gasteiger partial charge in [0.15, 0.2) is 17.4 Å². The van der Waals surface area contributed by atoms with Crippen LogP contribution < -0.4 is 0 Å². The van der Waals surface area contributed by atoms with E-state index in [2.05, 4.69) is 46.6 Å². The molecule has 0 rings (SSSR count). The summed E-state index contributed by atoms with van der Waals surface area (Å²) in [6.45, 7) is 25.2. The van der Waals surface area contributed by atoms with E-state index in [-0.39, 0.29) is 6.61 Å². The van der Waals surface area contributed by atoms with E-state index in [0.717, 1.165) is 12.5 Å². The largest absolute Gasteiger partial charge is 0.439 e. The van der Waals surface area contributed by atoms with Gasteiger partial charge in [0.25, 0.3) is 0 Å². The molecule has 12 nitrogen and oxygen atoms in total. The van der Waals surface area contributed by atoms with E-state index < -0.39 is 25.9 Å². The molecule has 0 bridgehead atoms. The van der Waals surface area contributed by atoms with Gasteiger partial charge in [0.1, 0.15) is 0 Å². The van der Waals surface area contributed by atoms with Gasteiger partial charge in [0, 0.05) is 6.61 Å². The smallest absolute Gasteiger partial charge is 0.314 e. The fourth-order valence-electron chi connectivity index (χ4n) is 3.73. The van der Waals surface area contributed by atoms with Gasteiger partial charge in [0.05, 0.1) is 119 Å². The van der Waals surface area contributed by atoms with E-state index in [1.165, 1.54) is 0 Å². The lowest BCUT2D eigenvalue weighted by atomic mass is 10.5. The Morgan fingerprint density at radius 2 is 0.795 bits per heavy atom. The van der Waals surface area contributed by atoms with E-state index in [0.29, 0.717) is 124 Å². The van der Waals surface area contributed by atoms with Crippen LogP contribution in [0.2, 0.25) is 44.3 Å². The van der Waals surface area contributed by atoms with E-state index >= 15 is 0 Å². The Balaban J connectivity index is 3.40. The van der Waals surface area contributed by atoms with Crippen LogP contribution >= 0.6 is 0 Å². The van der Waals surface area contributed by atoms with E-state index in [1.807, 2.05) is 0 Å². The standard InChI is InChI=1S/C29H66O12Si3/c1-29(2)43(5,6)41-44(7,40-42(3)4)28-8-10-31-12-14-33-16-18-35-20-22-37-24-26-39-27-25-38-23-21-36-19-17-34-15-13-32-11-9-30/h29-30,42H,8-28H2,1-7H3. The van der Waals surface area contributed by atoms with Crippen LogP contribution in [0.4, 0.5) is 0 Å². The minimum Gasteiger partial charge on any atom is -0.439 e. The molecule has 266 valence electrons. The maximum absolute atomic E-state index is 8.58. The molecule has 1 atom stereocenters. The highest BCUT2D eigenvalue weighted by atomic mass is 28.5. The molecule has 0 aliphatic rings. The van der Waals surface area contributed by atoms with Gasteiger partial charge in [0.2, 0.25) is 0 Å². The molecule has 0 saturated heterocycles. The zero-order chi connectivity index (χ0) is 32.8. The van der Waals surface area contributed by atoms with E-state index in [4.69, 9.17) is 56.0 Å². The zero-order valence-electron chi connectivity index (χ0n) is 28.9. The Kier molecular flexibility index (Phi) is 30.6. The van der Waals surface area contributed by atoms with Gasteiger partial charge < -0.3 is 56.0 Å². The molecule has 0 saturated carbocycles. The van der Waals surface area contributed by atoms with Gasteiger partial charge in [-0.25, -0.2) is 0 Å². The molecule has 0 aliphatic heterocycles. The summed E-state index contributed by atoms with van der Waals surface area (Å²) in [5.74, 6) is 0. The third-order valence-electron chi connectivity index (χ3n) is 6.49. The molecular formula is C29H66O12Si3. The maximum atomic E-state index is 8.58. The molecule has 0 spiro atoms. The summed E-state index contributed by atoms with van der Waals surface area (Å²) in [5, 5.41) is 8.58. The minimum atomic E-state index is -2.17. The average molecular weight is 691 g/mol. The average Bonchev–Trinajstić information content (AvgIpc) is 2.95. The summed E-state index contributed by atoms with van der Waals surface area (Å²) < 4.78 is 62.4. The summed E-state index contributed by atoms with van der Waals surface area (Å²) in [6, 6.07) is 0.970. The summed E-state index contributed by atoms with van der Waals surface area (Å²) in [5.41, 5.74) is 0.569. The highest BCUT2D eigenvalue weighted by molar-refractivity contribution is 6.85. The van der Waals surface area contributed by atoms with Crippen molar-refractivity contribution in [3.63, 3.8) is 0 Å². The molecule has 0 amide bonds. The second-order valence-electron chi connectivity index (χ2n) is 11.5. The summed E-state index contributed by atoms with van der Waals surface area (Å²) in [4.78, 5) is 0. The highest BCUT2D eigenvalue weighted by Gasteiger charge is 2.40. The van der Waals surface area contributed by atoms with Crippen molar-refractivity contribution in [3.8, 4) is 0 Å². The maximum Gasteiger partial charge on any atom is 0.314 e. The van der Waals surface area contributed by atoms with Crippen molar-refractivity contribution >= 4 is 25.9 Å². The molecule has 44 heavy (non-hydrogen) atoms. The number of hydrogen-bond donors (Lipinski definition) is 1. The van der Waals surface area contributed by atoms with Gasteiger partial charge in [-0.3, -0.25) is 0 Å². The van der Waals surface area contributed by atoms with Crippen LogP contribution in [0.1, 0.15) is 20.3 Å². The topological polar surface area (TPSA) is 122 Å². The van der Waals surface area contributed by atoms with Gasteiger partial charge in [-0.05, 0) is 50.7 Å². The fourth-order valence-corrected chi connectivity index (χ4v) is 15.4. The van der Waals surface area contributed by atoms with E-state index in [1.54, 1.807) is 0 Å². The summed E-state index contributed by atoms with van der Waals surface area (Å²) in [6.07, 6.45) is 0.951. The number of rotatable bonds is 35. The minimum absolute atomic E-state index is 0.0283. The number of aliphatic hydroxyl groups excluding tert-OH is 1. The first-order valence-corrected chi connectivity index (χ1v) is 24.6. The van der Waals surface area contributed by atoms with Crippen molar-refractivity contribution in [1.29, 1.82) is 0 Å². The first-order chi connectivity index (χ1) is 21.1. The Morgan fingerprint density at radius 3 is 1.07 bits per heavy atom. The first-order valence-electron chi connectivity index (χ1n) is 16.3. The quantitative estimate of drug-likeness (QED) is 0.0777. The van der Waals surface area contributed by atoms with Gasteiger partial charge in [-0.1, -0.05) is 13.8 Å². The van der Waals surface area contributed by atoms with Crippen molar-refractivity contribution in [2.45, 2.75) is 64.6 Å². The first kappa shape index (κ1) is 44.2. The Hall–Kier alpha value is 0.171. The fraction of sp³-hybridized carbons (Fsp3) is 1.00. The molecule has 0 aromatic carbocycles. The normalized spacial score (nSPS) is 13.8. The monoisotopic (exact) mass is 690 g/mol. The van der Waals surface area contributed by atoms with Gasteiger partial charge in [-0.2, -0.15) is 0 Å². The summed E-state index contributed by atoms with van der Waals surface area (Å²) in [7, 11) is -5.09. The molecule has 15 heteroatoms. The third-order valence-corrected chi connectivity index (χ3v) is 18.2. The van der Waals surface area contributed by atoms with Crippen LogP contribution in [0.15, 0.2) is 0 Å². The van der Waals surface area contributed by atoms with Crippen molar-refractivity contribution in [3.05, 3.63) is 0 Å². The molecule has 1 N–H and O–H groups in total. The van der Waals surface area contributed by atoms with Gasteiger partial charge >= 0.3 is 8.56 Å². The van der Waals surface area contributed by atoms with Crippen molar-refractivity contribution < 1.29 is 56.0 Å². The van der Waals surface area contributed by atoms with E-state index in [9.17, 15) is 0 Å². The van der Waals surface area contributed by atoms with Crippen LogP contribution in [0.5, 0.6) is 0 Å². The molecule has 0 heterocycles. The Morgan fingerprint density at radius 1 is 0.500 bits per heavy atom. The SMILES string of the molecule is CC(C)[Si](C)(C)O[Si](C)(CCCOCCOCCOCCOCCOCCOCCOCCOCCOCCO)O[SiH](C)C. The Labute approximate surface area is 271 Å². The summed E-state index contributed by atoms with van der Waals surface area (Å²) >= 11 is 0. The number of aliphatic hydroxyl groups is 1. The predicted octanol–water partition coefficient (Wildman–Crippen LogP) is 3.22. The lowest BCUT2D eigenvalue weighted by Gasteiger charge is -2.39. The van der Waals surface area contributed by atoms with Crippen LogP contribution in [0, 0.1) is 0 Å². The number of ether oxygens (including phenoxy) is 9. The van der Waals surface area contributed by atoms with Crippen molar-refractivity contribution in [2.24, 2.45) is 0 Å². The van der Waals surface area contributed by atoms with Crippen LogP contribution in [0.25, 0.3) is 0 Å². The third kappa shape index (κ3) is 29.6. The molecule has 0 fully saturated rings. The lowest BCUT2D eigenvalue weighted by molar-refractivity contribution is -0.0255. The molecule has 0 aromatic rings. The second-order valence-corrected chi connectivity index (χ2v) is 22.5. The lowest BCUT2D eigenvalue weighted by Crippen LogP contribution is -2.51. The highest BCUT2D eigenvalue weighted by Crippen LogP contribution is 2.29. The molecule has 1 unspecified atom stereocenters. The molecule has 0 radical (unpaired) electrons. The zero-order valence-corrected chi connectivity index (χ0v) is 32.1. The van der Waals surface area contributed by atoms with Crippen LogP contribution in [-0.2, 0) is 50.9 Å². The number of hydrogen-bond acceptors (Lipinski definition) is 12.